The molecule has 2 aliphatic heterocycles. The van der Waals surface area contributed by atoms with Crippen molar-refractivity contribution in [2.45, 2.75) is 58.5 Å². The third-order valence-corrected chi connectivity index (χ3v) is 9.25. The second kappa shape index (κ2) is 13.0. The SMILES string of the molecule is CCOc1ccc(Cl)cc1-n1c(CC(C)C)c(C(=O)N2C[C@H]3CC[C@@H](C2)N3)cc(-c2nc(-c3ccc(C(F)F)nc3)cs2)c1=O. The van der Waals surface area contributed by atoms with E-state index in [2.05, 4.69) is 10.3 Å². The van der Waals surface area contributed by atoms with E-state index in [1.165, 1.54) is 29.7 Å². The molecule has 0 saturated carbocycles. The van der Waals surface area contributed by atoms with E-state index in [0.29, 0.717) is 70.1 Å². The molecule has 4 aromatic rings. The Bertz CT molecular complexity index is 1760. The molecule has 6 rings (SSSR count). The van der Waals surface area contributed by atoms with Crippen molar-refractivity contribution in [2.24, 2.45) is 5.92 Å². The second-order valence-electron chi connectivity index (χ2n) is 11.9. The summed E-state index contributed by atoms with van der Waals surface area (Å²) in [5.41, 5.74) is 2.06. The van der Waals surface area contributed by atoms with Crippen LogP contribution in [-0.2, 0) is 6.42 Å². The second-order valence-corrected chi connectivity index (χ2v) is 13.2. The van der Waals surface area contributed by atoms with Crippen LogP contribution in [0, 0.1) is 5.92 Å². The van der Waals surface area contributed by atoms with Gasteiger partial charge in [-0.1, -0.05) is 25.4 Å². The lowest BCUT2D eigenvalue weighted by atomic mass is 9.99. The minimum Gasteiger partial charge on any atom is -0.492 e. The van der Waals surface area contributed by atoms with Gasteiger partial charge >= 0.3 is 0 Å². The first kappa shape index (κ1) is 31.3. The van der Waals surface area contributed by atoms with Gasteiger partial charge in [0.1, 0.15) is 16.5 Å². The highest BCUT2D eigenvalue weighted by atomic mass is 35.5. The van der Waals surface area contributed by atoms with Crippen molar-refractivity contribution in [2.75, 3.05) is 19.7 Å². The molecule has 1 amide bonds. The standard InChI is InChI=1S/C33H34ClF2N5O3S/c1-4-44-29-10-6-20(34)12-28(29)41-27(11-18(2)3)23(32(42)40-15-21-7-8-22(16-40)38-21)13-24(33(41)43)31-39-26(17-45-31)19-5-9-25(30(35)36)37-14-19/h5-6,9-10,12-14,17-18,21-22,30,38H,4,7-8,11,15-16H2,1-3H3/t21-,22+. The highest BCUT2D eigenvalue weighted by Gasteiger charge is 2.36. The van der Waals surface area contributed by atoms with Gasteiger partial charge in [0.2, 0.25) is 0 Å². The number of hydrogen-bond donors (Lipinski definition) is 1. The van der Waals surface area contributed by atoms with E-state index in [1.54, 1.807) is 34.2 Å². The van der Waals surface area contributed by atoms with E-state index < -0.39 is 6.43 Å². The number of piperazine rings is 1. The van der Waals surface area contributed by atoms with Crippen molar-refractivity contribution in [3.05, 3.63) is 80.3 Å². The lowest BCUT2D eigenvalue weighted by molar-refractivity contribution is 0.0695. The third-order valence-electron chi connectivity index (χ3n) is 8.14. The number of alkyl halides is 2. The Balaban J connectivity index is 1.55. The Morgan fingerprint density at radius 3 is 2.56 bits per heavy atom. The molecule has 2 fully saturated rings. The number of pyridine rings is 2. The van der Waals surface area contributed by atoms with Gasteiger partial charge in [0.25, 0.3) is 17.9 Å². The van der Waals surface area contributed by atoms with Crippen LogP contribution in [0.1, 0.15) is 61.8 Å². The van der Waals surface area contributed by atoms with Crippen LogP contribution in [0.15, 0.2) is 52.8 Å². The smallest absolute Gasteiger partial charge is 0.280 e. The molecule has 12 heteroatoms. The summed E-state index contributed by atoms with van der Waals surface area (Å²) in [5, 5.41) is 6.14. The van der Waals surface area contributed by atoms with Crippen LogP contribution in [0.2, 0.25) is 5.02 Å². The maximum absolute atomic E-state index is 14.6. The van der Waals surface area contributed by atoms with E-state index in [0.717, 1.165) is 12.8 Å². The largest absolute Gasteiger partial charge is 0.492 e. The number of amides is 1. The molecule has 8 nitrogen and oxygen atoms in total. The summed E-state index contributed by atoms with van der Waals surface area (Å²) in [5.74, 6) is 0.453. The van der Waals surface area contributed by atoms with Crippen molar-refractivity contribution in [1.82, 2.24) is 24.8 Å². The number of nitrogens with one attached hydrogen (secondary N) is 1. The van der Waals surface area contributed by atoms with E-state index in [1.807, 2.05) is 25.7 Å². The molecule has 0 spiro atoms. The van der Waals surface area contributed by atoms with Gasteiger partial charge < -0.3 is 15.0 Å². The molecule has 2 saturated heterocycles. The van der Waals surface area contributed by atoms with E-state index in [9.17, 15) is 18.4 Å². The summed E-state index contributed by atoms with van der Waals surface area (Å²) >= 11 is 7.72. The Labute approximate surface area is 269 Å². The maximum Gasteiger partial charge on any atom is 0.280 e. The average Bonchev–Trinajstić information content (AvgIpc) is 3.64. The van der Waals surface area contributed by atoms with E-state index in [4.69, 9.17) is 21.3 Å². The predicted octanol–water partition coefficient (Wildman–Crippen LogP) is 6.79. The molecule has 0 unspecified atom stereocenters. The van der Waals surface area contributed by atoms with Crippen molar-refractivity contribution < 1.29 is 18.3 Å². The number of nitrogens with zero attached hydrogens (tertiary/aromatic N) is 4. The number of hydrogen-bond acceptors (Lipinski definition) is 7. The van der Waals surface area contributed by atoms with Crippen LogP contribution in [0.5, 0.6) is 5.75 Å². The first-order valence-corrected chi connectivity index (χ1v) is 16.4. The fourth-order valence-electron chi connectivity index (χ4n) is 6.13. The average molecular weight is 654 g/mol. The zero-order valence-corrected chi connectivity index (χ0v) is 26.8. The normalized spacial score (nSPS) is 17.8. The van der Waals surface area contributed by atoms with Crippen LogP contribution in [0.25, 0.3) is 27.5 Å². The van der Waals surface area contributed by atoms with Crippen LogP contribution in [-0.4, -0.2) is 57.1 Å². The van der Waals surface area contributed by atoms with Crippen molar-refractivity contribution in [1.29, 1.82) is 0 Å². The fourth-order valence-corrected chi connectivity index (χ4v) is 7.13. The van der Waals surface area contributed by atoms with E-state index in [-0.39, 0.29) is 40.7 Å². The Kier molecular flexibility index (Phi) is 9.03. The summed E-state index contributed by atoms with van der Waals surface area (Å²) in [6.45, 7) is 7.50. The topological polar surface area (TPSA) is 89.3 Å². The molecule has 1 aromatic carbocycles. The number of benzene rings is 1. The Morgan fingerprint density at radius 1 is 1.16 bits per heavy atom. The molecular formula is C33H34ClF2N5O3S. The molecule has 0 radical (unpaired) electrons. The molecule has 45 heavy (non-hydrogen) atoms. The van der Waals surface area contributed by atoms with Crippen LogP contribution in [0.3, 0.4) is 0 Å². The Hall–Kier alpha value is -3.67. The zero-order chi connectivity index (χ0) is 31.8. The summed E-state index contributed by atoms with van der Waals surface area (Å²) < 4.78 is 33.7. The zero-order valence-electron chi connectivity index (χ0n) is 25.2. The molecule has 236 valence electrons. The highest BCUT2D eigenvalue weighted by Crippen LogP contribution is 2.34. The quantitative estimate of drug-likeness (QED) is 0.214. The van der Waals surface area contributed by atoms with Crippen LogP contribution in [0.4, 0.5) is 8.78 Å². The lowest BCUT2D eigenvalue weighted by Gasteiger charge is -2.34. The molecule has 3 aromatic heterocycles. The van der Waals surface area contributed by atoms with Gasteiger partial charge in [0.05, 0.1) is 29.1 Å². The predicted molar refractivity (Wildman–Crippen MR) is 172 cm³/mol. The van der Waals surface area contributed by atoms with Crippen molar-refractivity contribution in [3.63, 3.8) is 0 Å². The molecule has 1 N–H and O–H groups in total. The number of likely N-dealkylation sites (tertiary alicyclic amines) is 1. The molecule has 2 aliphatic rings. The molecule has 2 bridgehead atoms. The van der Waals surface area contributed by atoms with Crippen molar-refractivity contribution >= 4 is 28.8 Å². The van der Waals surface area contributed by atoms with Gasteiger partial charge in [-0.05, 0) is 68.5 Å². The van der Waals surface area contributed by atoms with Crippen molar-refractivity contribution in [3.8, 4) is 33.3 Å². The first-order chi connectivity index (χ1) is 21.6. The van der Waals surface area contributed by atoms with Gasteiger partial charge in [-0.2, -0.15) is 0 Å². The molecule has 5 heterocycles. The van der Waals surface area contributed by atoms with Crippen LogP contribution >= 0.6 is 22.9 Å². The van der Waals surface area contributed by atoms with E-state index >= 15 is 0 Å². The monoisotopic (exact) mass is 653 g/mol. The number of thiazole rings is 1. The van der Waals surface area contributed by atoms with Gasteiger partial charge in [-0.25, -0.2) is 13.8 Å². The van der Waals surface area contributed by atoms with Gasteiger partial charge in [0.15, 0.2) is 0 Å². The Morgan fingerprint density at radius 2 is 1.91 bits per heavy atom. The van der Waals surface area contributed by atoms with Gasteiger partial charge in [0, 0.05) is 53.0 Å². The summed E-state index contributed by atoms with van der Waals surface area (Å²) in [6.07, 6.45) is 1.17. The number of rotatable bonds is 9. The summed E-state index contributed by atoms with van der Waals surface area (Å²) in [6, 6.07) is 10.1. The lowest BCUT2D eigenvalue weighted by Crippen LogP contribution is -2.53. The molecule has 0 aliphatic carbocycles. The molecule has 2 atom stereocenters. The molecular weight excluding hydrogens is 620 g/mol. The van der Waals surface area contributed by atoms with Crippen LogP contribution < -0.4 is 15.6 Å². The van der Waals surface area contributed by atoms with Gasteiger partial charge in [-0.15, -0.1) is 11.3 Å². The summed E-state index contributed by atoms with van der Waals surface area (Å²) in [4.78, 5) is 39.5. The fraction of sp³-hybridized carbons (Fsp3) is 0.394. The highest BCUT2D eigenvalue weighted by molar-refractivity contribution is 7.13. The first-order valence-electron chi connectivity index (χ1n) is 15.1. The third kappa shape index (κ3) is 6.39. The number of carbonyl (C=O) groups is 1. The summed E-state index contributed by atoms with van der Waals surface area (Å²) in [7, 11) is 0. The maximum atomic E-state index is 14.6. The number of fused-ring (bicyclic) bond motifs is 2. The minimum absolute atomic E-state index is 0.122. The minimum atomic E-state index is -2.68. The van der Waals surface area contributed by atoms with Gasteiger partial charge in [-0.3, -0.25) is 19.1 Å². The number of carbonyl (C=O) groups excluding carboxylic acids is 1. The number of halogens is 3. The number of ether oxygens (including phenoxy) is 1. The number of aromatic nitrogens is 3.